The summed E-state index contributed by atoms with van der Waals surface area (Å²) in [4.78, 5) is 15.4. The zero-order valence-electron chi connectivity index (χ0n) is 17.9. The minimum absolute atomic E-state index is 0.0476. The van der Waals surface area contributed by atoms with Gasteiger partial charge in [-0.25, -0.2) is 9.50 Å². The molecule has 4 aromatic rings. The summed E-state index contributed by atoms with van der Waals surface area (Å²) in [6.07, 6.45) is 3.33. The molecule has 0 bridgehead atoms. The Labute approximate surface area is 190 Å². The number of pyridine rings is 1. The maximum atomic E-state index is 11.1. The number of ether oxygens (including phenoxy) is 1. The van der Waals surface area contributed by atoms with E-state index in [2.05, 4.69) is 28.0 Å². The van der Waals surface area contributed by atoms with Crippen molar-refractivity contribution < 1.29 is 14.6 Å². The normalized spacial score (nSPS) is 11.3. The van der Waals surface area contributed by atoms with Crippen LogP contribution in [-0.2, 0) is 11.4 Å². The topological polar surface area (TPSA) is 101 Å². The molecule has 1 N–H and O–H groups in total. The van der Waals surface area contributed by atoms with Crippen molar-refractivity contribution in [2.45, 2.75) is 25.9 Å². The van der Waals surface area contributed by atoms with E-state index in [1.165, 1.54) is 6.33 Å². The number of aromatic nitrogens is 3. The molecule has 0 aliphatic heterocycles. The van der Waals surface area contributed by atoms with Gasteiger partial charge >= 0.3 is 5.97 Å². The van der Waals surface area contributed by atoms with Crippen LogP contribution in [0.15, 0.2) is 67.1 Å². The Balaban J connectivity index is 1.55. The molecule has 7 heteroatoms. The molecule has 4 rings (SSSR count). The highest BCUT2D eigenvalue weighted by Crippen LogP contribution is 2.25. The molecule has 0 aliphatic rings. The molecule has 0 amide bonds. The maximum absolute atomic E-state index is 11.1. The van der Waals surface area contributed by atoms with E-state index >= 15 is 0 Å². The van der Waals surface area contributed by atoms with Gasteiger partial charge in [-0.3, -0.25) is 4.79 Å². The van der Waals surface area contributed by atoms with Crippen LogP contribution in [-0.4, -0.2) is 25.7 Å². The van der Waals surface area contributed by atoms with Crippen molar-refractivity contribution in [3.8, 4) is 34.8 Å². The third kappa shape index (κ3) is 5.00. The number of hydrogen-bond donors (Lipinski definition) is 1. The Bertz CT molecular complexity index is 1390. The highest BCUT2D eigenvalue weighted by molar-refractivity contribution is 5.69. The monoisotopic (exact) mass is 436 g/mol. The third-order valence-electron chi connectivity index (χ3n) is 5.17. The van der Waals surface area contributed by atoms with Crippen molar-refractivity contribution in [3.05, 3.63) is 83.8 Å². The quantitative estimate of drug-likeness (QED) is 0.430. The minimum atomic E-state index is -0.887. The molecule has 0 saturated heterocycles. The van der Waals surface area contributed by atoms with Gasteiger partial charge in [0.2, 0.25) is 0 Å². The third-order valence-corrected chi connectivity index (χ3v) is 5.17. The number of carbonyl (C=O) groups is 1. The lowest BCUT2D eigenvalue weighted by atomic mass is 9.96. The average Bonchev–Trinajstić information content (AvgIpc) is 3.31. The van der Waals surface area contributed by atoms with Crippen molar-refractivity contribution in [2.24, 2.45) is 0 Å². The Morgan fingerprint density at radius 1 is 1.15 bits per heavy atom. The molecule has 0 aliphatic carbocycles. The molecule has 2 heterocycles. The molecule has 1 unspecified atom stereocenters. The fraction of sp³-hybridized carbons (Fsp3) is 0.154. The van der Waals surface area contributed by atoms with E-state index in [0.717, 1.165) is 22.3 Å². The van der Waals surface area contributed by atoms with E-state index in [0.29, 0.717) is 17.0 Å². The first kappa shape index (κ1) is 21.6. The van der Waals surface area contributed by atoms with Crippen molar-refractivity contribution in [1.82, 2.24) is 14.6 Å². The number of carboxylic acids is 1. The zero-order valence-corrected chi connectivity index (χ0v) is 17.9. The SMILES string of the molecule is CC#CC(CC(=O)O)c1ccc(OCc2cc(-c3ccc(C#N)cc3)cn3ncnc23)cc1. The first-order valence-corrected chi connectivity index (χ1v) is 10.3. The summed E-state index contributed by atoms with van der Waals surface area (Å²) in [6, 6.07) is 18.8. The number of fused-ring (bicyclic) bond motifs is 1. The predicted molar refractivity (Wildman–Crippen MR) is 122 cm³/mol. The molecular formula is C26H20N4O3. The lowest BCUT2D eigenvalue weighted by molar-refractivity contribution is -0.137. The highest BCUT2D eigenvalue weighted by atomic mass is 16.5. The van der Waals surface area contributed by atoms with E-state index in [1.807, 2.05) is 48.7 Å². The van der Waals surface area contributed by atoms with Crippen LogP contribution in [0.1, 0.15) is 36.0 Å². The van der Waals surface area contributed by atoms with Gasteiger partial charge in [0, 0.05) is 17.3 Å². The maximum Gasteiger partial charge on any atom is 0.304 e. The van der Waals surface area contributed by atoms with E-state index in [1.54, 1.807) is 23.6 Å². The largest absolute Gasteiger partial charge is 0.489 e. The van der Waals surface area contributed by atoms with Gasteiger partial charge < -0.3 is 9.84 Å². The second-order valence-corrected chi connectivity index (χ2v) is 7.37. The van der Waals surface area contributed by atoms with Gasteiger partial charge in [-0.15, -0.1) is 5.92 Å². The summed E-state index contributed by atoms with van der Waals surface area (Å²) < 4.78 is 7.70. The number of carboxylic acid groups (broad SMARTS) is 1. The van der Waals surface area contributed by atoms with Gasteiger partial charge in [0.1, 0.15) is 18.7 Å². The zero-order chi connectivity index (χ0) is 23.2. The van der Waals surface area contributed by atoms with Gasteiger partial charge in [-0.2, -0.15) is 10.4 Å². The second kappa shape index (κ2) is 9.67. The summed E-state index contributed by atoms with van der Waals surface area (Å²) in [7, 11) is 0. The Hall–Kier alpha value is -4.62. The lowest BCUT2D eigenvalue weighted by Gasteiger charge is -2.12. The van der Waals surface area contributed by atoms with Crippen LogP contribution in [0.25, 0.3) is 16.8 Å². The predicted octanol–water partition coefficient (Wildman–Crippen LogP) is 4.43. The first-order chi connectivity index (χ1) is 16.1. The van der Waals surface area contributed by atoms with Crippen LogP contribution >= 0.6 is 0 Å². The number of hydrogen-bond acceptors (Lipinski definition) is 5. The summed E-state index contributed by atoms with van der Waals surface area (Å²) in [5.41, 5.74) is 4.88. The van der Waals surface area contributed by atoms with Gasteiger partial charge in [-0.05, 0) is 48.4 Å². The van der Waals surface area contributed by atoms with E-state index in [4.69, 9.17) is 15.1 Å². The molecule has 2 aromatic carbocycles. The van der Waals surface area contributed by atoms with Crippen LogP contribution in [0.5, 0.6) is 5.75 Å². The van der Waals surface area contributed by atoms with E-state index in [-0.39, 0.29) is 18.9 Å². The average molecular weight is 436 g/mol. The highest BCUT2D eigenvalue weighted by Gasteiger charge is 2.14. The molecule has 7 nitrogen and oxygen atoms in total. The Morgan fingerprint density at radius 3 is 2.58 bits per heavy atom. The molecule has 162 valence electrons. The standard InChI is InChI=1S/C26H20N4O3/c1-2-3-21(13-25(31)32)19-8-10-24(11-9-19)33-16-23-12-22(15-30-26(23)28-17-29-30)20-6-4-18(14-27)5-7-20/h4-12,15,17,21H,13,16H2,1H3,(H,31,32). The summed E-state index contributed by atoms with van der Waals surface area (Å²) >= 11 is 0. The summed E-state index contributed by atoms with van der Waals surface area (Å²) in [5.74, 6) is 5.15. The lowest BCUT2D eigenvalue weighted by Crippen LogP contribution is -2.05. The van der Waals surface area contributed by atoms with Gasteiger partial charge in [0.25, 0.3) is 0 Å². The second-order valence-electron chi connectivity index (χ2n) is 7.37. The van der Waals surface area contributed by atoms with E-state index in [9.17, 15) is 4.79 Å². The fourth-order valence-corrected chi connectivity index (χ4v) is 3.56. The van der Waals surface area contributed by atoms with Crippen molar-refractivity contribution in [2.75, 3.05) is 0 Å². The molecule has 2 aromatic heterocycles. The number of nitriles is 1. The molecule has 1 atom stereocenters. The molecular weight excluding hydrogens is 416 g/mol. The van der Waals surface area contributed by atoms with Gasteiger partial charge in [0.15, 0.2) is 5.65 Å². The van der Waals surface area contributed by atoms with Gasteiger partial charge in [0.05, 0.1) is 24.0 Å². The summed E-state index contributed by atoms with van der Waals surface area (Å²) in [6.45, 7) is 1.97. The number of benzene rings is 2. The van der Waals surface area contributed by atoms with Crippen molar-refractivity contribution >= 4 is 11.6 Å². The molecule has 33 heavy (non-hydrogen) atoms. The molecule has 0 fully saturated rings. The van der Waals surface area contributed by atoms with E-state index < -0.39 is 5.97 Å². The first-order valence-electron chi connectivity index (χ1n) is 10.3. The molecule has 0 saturated carbocycles. The Kier molecular flexibility index (Phi) is 6.33. The number of rotatable bonds is 7. The van der Waals surface area contributed by atoms with Gasteiger partial charge in [-0.1, -0.05) is 30.2 Å². The number of nitrogens with zero attached hydrogens (tertiary/aromatic N) is 4. The van der Waals surface area contributed by atoms with Crippen LogP contribution in [0, 0.1) is 23.2 Å². The minimum Gasteiger partial charge on any atom is -0.489 e. The molecule has 0 spiro atoms. The fourth-order valence-electron chi connectivity index (χ4n) is 3.56. The Morgan fingerprint density at radius 2 is 1.91 bits per heavy atom. The van der Waals surface area contributed by atoms with Crippen LogP contribution in [0.2, 0.25) is 0 Å². The molecule has 0 radical (unpaired) electrons. The van der Waals surface area contributed by atoms with Crippen molar-refractivity contribution in [3.63, 3.8) is 0 Å². The van der Waals surface area contributed by atoms with Crippen LogP contribution in [0.3, 0.4) is 0 Å². The van der Waals surface area contributed by atoms with Crippen LogP contribution < -0.4 is 4.74 Å². The smallest absolute Gasteiger partial charge is 0.304 e. The number of aliphatic carboxylic acids is 1. The summed E-state index contributed by atoms with van der Waals surface area (Å²) in [5, 5.41) is 22.4. The van der Waals surface area contributed by atoms with Crippen molar-refractivity contribution in [1.29, 1.82) is 5.26 Å². The van der Waals surface area contributed by atoms with Crippen LogP contribution in [0.4, 0.5) is 0 Å².